The monoisotopic (exact) mass is 221 g/mol. The zero-order valence-electron chi connectivity index (χ0n) is 9.72. The Morgan fingerprint density at radius 1 is 1.44 bits per heavy atom. The molecule has 1 aliphatic carbocycles. The molecular weight excluding hydrogens is 202 g/mol. The Morgan fingerprint density at radius 3 is 3.00 bits per heavy atom. The lowest BCUT2D eigenvalue weighted by Gasteiger charge is -2.29. The van der Waals surface area contributed by atoms with E-state index in [0.29, 0.717) is 18.3 Å². The molecule has 2 rings (SSSR count). The van der Waals surface area contributed by atoms with Crippen molar-refractivity contribution in [3.05, 3.63) is 17.8 Å². The van der Waals surface area contributed by atoms with Gasteiger partial charge in [-0.3, -0.25) is 0 Å². The van der Waals surface area contributed by atoms with Crippen LogP contribution in [0, 0.1) is 5.92 Å². The third-order valence-electron chi connectivity index (χ3n) is 3.28. The number of hydrogen-bond acceptors (Lipinski definition) is 4. The minimum Gasteiger partial charge on any atom is -0.473 e. The fraction of sp³-hybridized carbons (Fsp3) is 0.667. The van der Waals surface area contributed by atoms with E-state index in [1.165, 1.54) is 19.3 Å². The van der Waals surface area contributed by atoms with Gasteiger partial charge in [-0.25, -0.2) is 0 Å². The summed E-state index contributed by atoms with van der Waals surface area (Å²) < 4.78 is 5.94. The molecule has 0 saturated heterocycles. The lowest BCUT2D eigenvalue weighted by Crippen LogP contribution is -2.29. The summed E-state index contributed by atoms with van der Waals surface area (Å²) in [4.78, 5) is 0. The fourth-order valence-electron chi connectivity index (χ4n) is 2.20. The van der Waals surface area contributed by atoms with Gasteiger partial charge in [-0.15, -0.1) is 5.10 Å². The van der Waals surface area contributed by atoms with Crippen molar-refractivity contribution >= 4 is 0 Å². The molecule has 1 fully saturated rings. The number of hydrogen-bond donors (Lipinski definition) is 1. The first-order valence-corrected chi connectivity index (χ1v) is 5.98. The highest BCUT2D eigenvalue weighted by atomic mass is 16.5. The van der Waals surface area contributed by atoms with E-state index in [4.69, 9.17) is 10.5 Å². The van der Waals surface area contributed by atoms with Crippen LogP contribution in [0.1, 0.15) is 38.2 Å². The van der Waals surface area contributed by atoms with Crippen molar-refractivity contribution in [1.29, 1.82) is 0 Å². The molecule has 1 saturated carbocycles. The first kappa shape index (κ1) is 11.3. The summed E-state index contributed by atoms with van der Waals surface area (Å²) in [5.74, 6) is 1.21. The number of ether oxygens (including phenoxy) is 1. The van der Waals surface area contributed by atoms with Gasteiger partial charge >= 0.3 is 0 Å². The van der Waals surface area contributed by atoms with Crippen LogP contribution in [-0.4, -0.2) is 16.3 Å². The minimum absolute atomic E-state index is 0.274. The van der Waals surface area contributed by atoms with Crippen molar-refractivity contribution in [2.24, 2.45) is 11.7 Å². The van der Waals surface area contributed by atoms with Crippen LogP contribution in [-0.2, 0) is 6.54 Å². The average Bonchev–Trinajstić information content (AvgIpc) is 2.33. The molecule has 0 bridgehead atoms. The number of rotatable bonds is 3. The van der Waals surface area contributed by atoms with Crippen LogP contribution in [0.2, 0.25) is 0 Å². The molecule has 4 heteroatoms. The molecule has 1 heterocycles. The second kappa shape index (κ2) is 5.25. The molecule has 0 aromatic carbocycles. The summed E-state index contributed by atoms with van der Waals surface area (Å²) in [6, 6.07) is 1.87. The number of nitrogens with zero attached hydrogens (tertiary/aromatic N) is 2. The Balaban J connectivity index is 2.07. The average molecular weight is 221 g/mol. The van der Waals surface area contributed by atoms with Crippen molar-refractivity contribution in [3.63, 3.8) is 0 Å². The highest BCUT2D eigenvalue weighted by Gasteiger charge is 2.24. The molecule has 1 aromatic heterocycles. The molecule has 2 unspecified atom stereocenters. The summed E-state index contributed by atoms with van der Waals surface area (Å²) in [6.07, 6.45) is 6.83. The first-order chi connectivity index (χ1) is 7.81. The van der Waals surface area contributed by atoms with Crippen LogP contribution in [0.4, 0.5) is 0 Å². The summed E-state index contributed by atoms with van der Waals surface area (Å²) in [7, 11) is 0. The van der Waals surface area contributed by atoms with Gasteiger partial charge in [0.2, 0.25) is 5.88 Å². The normalized spacial score (nSPS) is 25.4. The standard InChI is InChI=1S/C12H19N3O/c1-9-4-2-3-5-11(9)16-12-10(8-13)6-7-14-15-12/h6-7,9,11H,2-5,8,13H2,1H3. The summed E-state index contributed by atoms with van der Waals surface area (Å²) >= 11 is 0. The molecule has 0 radical (unpaired) electrons. The van der Waals surface area contributed by atoms with Gasteiger partial charge in [-0.1, -0.05) is 13.3 Å². The predicted molar refractivity (Wildman–Crippen MR) is 62.0 cm³/mol. The van der Waals surface area contributed by atoms with Crippen LogP contribution >= 0.6 is 0 Å². The van der Waals surface area contributed by atoms with Gasteiger partial charge in [0.25, 0.3) is 0 Å². The Morgan fingerprint density at radius 2 is 2.25 bits per heavy atom. The van der Waals surface area contributed by atoms with E-state index in [2.05, 4.69) is 17.1 Å². The smallest absolute Gasteiger partial charge is 0.238 e. The van der Waals surface area contributed by atoms with Crippen LogP contribution in [0.15, 0.2) is 12.3 Å². The minimum atomic E-state index is 0.274. The summed E-state index contributed by atoms with van der Waals surface area (Å²) in [5.41, 5.74) is 6.58. The van der Waals surface area contributed by atoms with Gasteiger partial charge in [0.05, 0.1) is 6.20 Å². The molecule has 2 atom stereocenters. The van der Waals surface area contributed by atoms with Gasteiger partial charge in [0.15, 0.2) is 0 Å². The molecule has 16 heavy (non-hydrogen) atoms. The van der Waals surface area contributed by atoms with E-state index >= 15 is 0 Å². The van der Waals surface area contributed by atoms with E-state index in [1.54, 1.807) is 6.20 Å². The van der Waals surface area contributed by atoms with Crippen molar-refractivity contribution in [3.8, 4) is 5.88 Å². The Kier molecular flexibility index (Phi) is 3.72. The van der Waals surface area contributed by atoms with E-state index < -0.39 is 0 Å². The second-order valence-electron chi connectivity index (χ2n) is 4.48. The second-order valence-corrected chi connectivity index (χ2v) is 4.48. The van der Waals surface area contributed by atoms with Crippen LogP contribution in [0.3, 0.4) is 0 Å². The largest absolute Gasteiger partial charge is 0.473 e. The van der Waals surface area contributed by atoms with Gasteiger partial charge in [0.1, 0.15) is 6.10 Å². The molecule has 88 valence electrons. The molecule has 0 spiro atoms. The highest BCUT2D eigenvalue weighted by Crippen LogP contribution is 2.28. The van der Waals surface area contributed by atoms with Gasteiger partial charge in [0, 0.05) is 12.1 Å². The fourth-order valence-corrected chi connectivity index (χ4v) is 2.20. The van der Waals surface area contributed by atoms with Gasteiger partial charge < -0.3 is 10.5 Å². The molecule has 4 nitrogen and oxygen atoms in total. The zero-order valence-corrected chi connectivity index (χ0v) is 9.72. The van der Waals surface area contributed by atoms with Crippen LogP contribution in [0.5, 0.6) is 5.88 Å². The summed E-state index contributed by atoms with van der Waals surface area (Å²) in [6.45, 7) is 2.69. The quantitative estimate of drug-likeness (QED) is 0.846. The maximum absolute atomic E-state index is 5.94. The van der Waals surface area contributed by atoms with Gasteiger partial charge in [-0.05, 0) is 31.2 Å². The van der Waals surface area contributed by atoms with Crippen molar-refractivity contribution in [2.45, 2.75) is 45.3 Å². The maximum Gasteiger partial charge on any atom is 0.238 e. The first-order valence-electron chi connectivity index (χ1n) is 5.98. The van der Waals surface area contributed by atoms with Crippen molar-refractivity contribution < 1.29 is 4.74 Å². The van der Waals surface area contributed by atoms with Crippen LogP contribution < -0.4 is 10.5 Å². The SMILES string of the molecule is CC1CCCCC1Oc1nnccc1CN. The third-order valence-corrected chi connectivity index (χ3v) is 3.28. The molecule has 0 aliphatic heterocycles. The molecule has 0 amide bonds. The predicted octanol–water partition coefficient (Wildman–Crippen LogP) is 1.89. The number of nitrogens with two attached hydrogens (primary N) is 1. The van der Waals surface area contributed by atoms with Crippen LogP contribution in [0.25, 0.3) is 0 Å². The topological polar surface area (TPSA) is 61.0 Å². The van der Waals surface area contributed by atoms with E-state index in [1.807, 2.05) is 6.07 Å². The van der Waals surface area contributed by atoms with E-state index in [-0.39, 0.29) is 6.10 Å². The molecule has 2 N–H and O–H groups in total. The van der Waals surface area contributed by atoms with Crippen molar-refractivity contribution in [1.82, 2.24) is 10.2 Å². The Labute approximate surface area is 96.2 Å². The number of aromatic nitrogens is 2. The molecule has 1 aromatic rings. The van der Waals surface area contributed by atoms with Gasteiger partial charge in [-0.2, -0.15) is 5.10 Å². The Bertz CT molecular complexity index is 343. The maximum atomic E-state index is 5.94. The molecular formula is C12H19N3O. The van der Waals surface area contributed by atoms with E-state index in [9.17, 15) is 0 Å². The summed E-state index contributed by atoms with van der Waals surface area (Å²) in [5, 5.41) is 7.88. The highest BCUT2D eigenvalue weighted by molar-refractivity contribution is 5.23. The third kappa shape index (κ3) is 2.50. The lowest BCUT2D eigenvalue weighted by atomic mass is 9.88. The Hall–Kier alpha value is -1.16. The lowest BCUT2D eigenvalue weighted by molar-refractivity contribution is 0.0953. The van der Waals surface area contributed by atoms with E-state index in [0.717, 1.165) is 12.0 Å². The zero-order chi connectivity index (χ0) is 11.4. The van der Waals surface area contributed by atoms with Crippen molar-refractivity contribution in [2.75, 3.05) is 0 Å². The molecule has 1 aliphatic rings.